The van der Waals surface area contributed by atoms with E-state index in [1.807, 2.05) is 0 Å². The van der Waals surface area contributed by atoms with Crippen molar-refractivity contribution in [2.45, 2.75) is 30.5 Å². The molecule has 0 spiro atoms. The van der Waals surface area contributed by atoms with Crippen molar-refractivity contribution in [3.05, 3.63) is 105 Å². The van der Waals surface area contributed by atoms with E-state index < -0.39 is 35.1 Å². The van der Waals surface area contributed by atoms with Gasteiger partial charge < -0.3 is 10.2 Å². The molecule has 0 fully saturated rings. The number of aryl methyl sites for hydroxylation is 1. The molecule has 0 aliphatic heterocycles. The third-order valence-electron chi connectivity index (χ3n) is 6.10. The van der Waals surface area contributed by atoms with Crippen molar-refractivity contribution >= 4 is 23.6 Å². The minimum Gasteiger partial charge on any atom is -0.478 e. The third-order valence-corrected chi connectivity index (χ3v) is 6.30. The number of carboxylic acid groups (broad SMARTS) is 1. The van der Waals surface area contributed by atoms with Gasteiger partial charge >= 0.3 is 12.1 Å². The van der Waals surface area contributed by atoms with Crippen LogP contribution in [0.25, 0.3) is 6.08 Å². The number of aromatic nitrogens is 1. The van der Waals surface area contributed by atoms with E-state index in [0.29, 0.717) is 11.1 Å². The Kier molecular flexibility index (Phi) is 5.80. The standard InChI is InChI=1S/C25H19ClF3NO3/c1-14-12-16(23(31)32)7-8-18(14)22(20-9-6-15-4-2-3-5-19(15)20)24(33,25(27,28)29)17-10-11-30-21(26)13-17/h2-13,20,22,33H,1H3,(H,31,32). The van der Waals surface area contributed by atoms with Gasteiger partial charge in [-0.15, -0.1) is 0 Å². The first-order valence-corrected chi connectivity index (χ1v) is 10.4. The SMILES string of the molecule is Cc1cc(C(=O)O)ccc1C(C1C=Cc2ccccc21)C(O)(c1ccnc(Cl)c1)C(F)(F)F. The number of aromatic carboxylic acids is 1. The van der Waals surface area contributed by atoms with Gasteiger partial charge in [-0.1, -0.05) is 54.1 Å². The fourth-order valence-corrected chi connectivity index (χ4v) is 4.74. The highest BCUT2D eigenvalue weighted by molar-refractivity contribution is 6.29. The van der Waals surface area contributed by atoms with Crippen LogP contribution in [0.15, 0.2) is 66.9 Å². The Morgan fingerprint density at radius 1 is 1.12 bits per heavy atom. The summed E-state index contributed by atoms with van der Waals surface area (Å²) in [6.07, 6.45) is -0.612. The summed E-state index contributed by atoms with van der Waals surface area (Å²) in [5, 5.41) is 20.7. The number of allylic oxidation sites excluding steroid dienone is 1. The molecule has 33 heavy (non-hydrogen) atoms. The van der Waals surface area contributed by atoms with E-state index in [4.69, 9.17) is 11.6 Å². The van der Waals surface area contributed by atoms with E-state index in [1.165, 1.54) is 25.1 Å². The number of aliphatic hydroxyl groups is 1. The average Bonchev–Trinajstić information content (AvgIpc) is 3.17. The summed E-state index contributed by atoms with van der Waals surface area (Å²) in [5.74, 6) is -3.56. The van der Waals surface area contributed by atoms with E-state index >= 15 is 0 Å². The van der Waals surface area contributed by atoms with Crippen molar-refractivity contribution in [1.82, 2.24) is 4.98 Å². The highest BCUT2D eigenvalue weighted by atomic mass is 35.5. The Labute approximate surface area is 193 Å². The molecule has 2 N–H and O–H groups in total. The lowest BCUT2D eigenvalue weighted by molar-refractivity contribution is -0.277. The Bertz CT molecular complexity index is 1260. The van der Waals surface area contributed by atoms with E-state index in [9.17, 15) is 28.2 Å². The molecule has 0 saturated carbocycles. The molecule has 8 heteroatoms. The maximum absolute atomic E-state index is 14.8. The molecule has 0 amide bonds. The van der Waals surface area contributed by atoms with Crippen molar-refractivity contribution in [1.29, 1.82) is 0 Å². The van der Waals surface area contributed by atoms with Crippen LogP contribution in [0.2, 0.25) is 5.15 Å². The highest BCUT2D eigenvalue weighted by Gasteiger charge is 2.62. The summed E-state index contributed by atoms with van der Waals surface area (Å²) >= 11 is 5.91. The molecule has 1 aliphatic rings. The number of rotatable bonds is 5. The summed E-state index contributed by atoms with van der Waals surface area (Å²) in [7, 11) is 0. The Morgan fingerprint density at radius 3 is 2.48 bits per heavy atom. The number of hydrogen-bond donors (Lipinski definition) is 2. The Hall–Kier alpha value is -3.16. The second-order valence-corrected chi connectivity index (χ2v) is 8.39. The maximum Gasteiger partial charge on any atom is 0.422 e. The smallest absolute Gasteiger partial charge is 0.422 e. The highest BCUT2D eigenvalue weighted by Crippen LogP contribution is 2.56. The van der Waals surface area contributed by atoms with Crippen LogP contribution in [0.5, 0.6) is 0 Å². The van der Waals surface area contributed by atoms with E-state index in [-0.39, 0.29) is 16.3 Å². The lowest BCUT2D eigenvalue weighted by Gasteiger charge is -2.42. The minimum absolute atomic E-state index is 0.0557. The number of benzene rings is 2. The zero-order valence-electron chi connectivity index (χ0n) is 17.3. The van der Waals surface area contributed by atoms with E-state index in [2.05, 4.69) is 4.98 Å². The normalized spacial score (nSPS) is 17.9. The molecule has 3 atom stereocenters. The minimum atomic E-state index is -5.09. The number of pyridine rings is 1. The van der Waals surface area contributed by atoms with Crippen molar-refractivity contribution in [2.75, 3.05) is 0 Å². The van der Waals surface area contributed by atoms with Crippen LogP contribution in [0.3, 0.4) is 0 Å². The van der Waals surface area contributed by atoms with Gasteiger partial charge in [0.15, 0.2) is 5.60 Å². The van der Waals surface area contributed by atoms with Gasteiger partial charge in [0.05, 0.1) is 5.56 Å². The second-order valence-electron chi connectivity index (χ2n) is 8.00. The fourth-order valence-electron chi connectivity index (χ4n) is 4.56. The molecule has 4 nitrogen and oxygen atoms in total. The van der Waals surface area contributed by atoms with Crippen LogP contribution < -0.4 is 0 Å². The first-order chi connectivity index (χ1) is 15.5. The number of carbonyl (C=O) groups is 1. The average molecular weight is 474 g/mol. The Morgan fingerprint density at radius 2 is 1.85 bits per heavy atom. The van der Waals surface area contributed by atoms with Crippen LogP contribution in [-0.2, 0) is 5.60 Å². The summed E-state index contributed by atoms with van der Waals surface area (Å²) in [4.78, 5) is 15.2. The van der Waals surface area contributed by atoms with Crippen LogP contribution in [0.4, 0.5) is 13.2 Å². The molecule has 1 aliphatic carbocycles. The second kappa shape index (κ2) is 8.32. The predicted molar refractivity (Wildman–Crippen MR) is 118 cm³/mol. The molecule has 2 aromatic carbocycles. The van der Waals surface area contributed by atoms with Gasteiger partial charge in [0.25, 0.3) is 0 Å². The van der Waals surface area contributed by atoms with Crippen molar-refractivity contribution in [2.24, 2.45) is 0 Å². The summed E-state index contributed by atoms with van der Waals surface area (Å²) in [6, 6.07) is 13.0. The quantitative estimate of drug-likeness (QED) is 0.440. The molecule has 0 bridgehead atoms. The molecule has 0 saturated heterocycles. The van der Waals surface area contributed by atoms with E-state index in [1.54, 1.807) is 36.4 Å². The maximum atomic E-state index is 14.8. The largest absolute Gasteiger partial charge is 0.478 e. The predicted octanol–water partition coefficient (Wildman–Crippen LogP) is 6.09. The molecule has 4 rings (SSSR count). The van der Waals surface area contributed by atoms with E-state index in [0.717, 1.165) is 23.9 Å². The van der Waals surface area contributed by atoms with Crippen LogP contribution in [0, 0.1) is 6.92 Å². The molecule has 3 unspecified atom stereocenters. The number of alkyl halides is 3. The molecule has 1 heterocycles. The number of hydrogen-bond acceptors (Lipinski definition) is 3. The molecule has 170 valence electrons. The summed E-state index contributed by atoms with van der Waals surface area (Å²) < 4.78 is 44.4. The number of fused-ring (bicyclic) bond motifs is 1. The topological polar surface area (TPSA) is 70.4 Å². The third kappa shape index (κ3) is 3.92. The van der Waals surface area contributed by atoms with Crippen LogP contribution in [-0.4, -0.2) is 27.3 Å². The van der Waals surface area contributed by atoms with Crippen LogP contribution in [0.1, 0.15) is 50.0 Å². The molecular formula is C25H19ClF3NO3. The molecule has 3 aromatic rings. The summed E-state index contributed by atoms with van der Waals surface area (Å²) in [5.41, 5.74) is -1.96. The molecular weight excluding hydrogens is 455 g/mol. The van der Waals surface area contributed by atoms with Gasteiger partial charge in [0.1, 0.15) is 5.15 Å². The van der Waals surface area contributed by atoms with Crippen LogP contribution >= 0.6 is 11.6 Å². The van der Waals surface area contributed by atoms with Gasteiger partial charge in [0, 0.05) is 18.0 Å². The Balaban J connectivity index is 2.02. The molecule has 1 aromatic heterocycles. The monoisotopic (exact) mass is 473 g/mol. The van der Waals surface area contributed by atoms with Crippen molar-refractivity contribution in [3.63, 3.8) is 0 Å². The number of nitrogens with zero attached hydrogens (tertiary/aromatic N) is 1. The first-order valence-electron chi connectivity index (χ1n) is 10.1. The number of halogens is 4. The number of carboxylic acids is 1. The van der Waals surface area contributed by atoms with Crippen molar-refractivity contribution < 1.29 is 28.2 Å². The lowest BCUT2D eigenvalue weighted by atomic mass is 9.68. The fraction of sp³-hybridized carbons (Fsp3) is 0.200. The molecule has 0 radical (unpaired) electrons. The van der Waals surface area contributed by atoms with Gasteiger partial charge in [-0.3, -0.25) is 0 Å². The van der Waals surface area contributed by atoms with Gasteiger partial charge in [-0.05, 0) is 59.0 Å². The van der Waals surface area contributed by atoms with Gasteiger partial charge in [0.2, 0.25) is 0 Å². The van der Waals surface area contributed by atoms with Gasteiger partial charge in [-0.25, -0.2) is 9.78 Å². The van der Waals surface area contributed by atoms with Crippen molar-refractivity contribution in [3.8, 4) is 0 Å². The van der Waals surface area contributed by atoms with Gasteiger partial charge in [-0.2, -0.15) is 13.2 Å². The summed E-state index contributed by atoms with van der Waals surface area (Å²) in [6.45, 7) is 1.54. The lowest BCUT2D eigenvalue weighted by Crippen LogP contribution is -2.49. The zero-order chi connectivity index (χ0) is 24.0. The zero-order valence-corrected chi connectivity index (χ0v) is 18.1. The first kappa shape index (κ1) is 23.0.